The van der Waals surface area contributed by atoms with E-state index in [2.05, 4.69) is 31.0 Å². The van der Waals surface area contributed by atoms with E-state index in [9.17, 15) is 8.42 Å². The van der Waals surface area contributed by atoms with Gasteiger partial charge in [-0.05, 0) is 31.8 Å². The predicted octanol–water partition coefficient (Wildman–Crippen LogP) is 1.77. The molecule has 0 aliphatic rings. The zero-order chi connectivity index (χ0) is 14.9. The van der Waals surface area contributed by atoms with Crippen LogP contribution in [-0.4, -0.2) is 58.6 Å². The zero-order valence-electron chi connectivity index (χ0n) is 13.3. The standard InChI is InChI=1S/C14H32N2O2S/c1-6-8-14(3,12-15-9-7-2)13-16(4)10-11-19(5,17)18/h15H,6-13H2,1-5H3. The topological polar surface area (TPSA) is 49.4 Å². The van der Waals surface area contributed by atoms with Gasteiger partial charge in [-0.25, -0.2) is 8.42 Å². The third-order valence-electron chi connectivity index (χ3n) is 3.33. The molecule has 1 N–H and O–H groups in total. The van der Waals surface area contributed by atoms with Gasteiger partial charge in [0.2, 0.25) is 0 Å². The lowest BCUT2D eigenvalue weighted by Gasteiger charge is -2.34. The molecule has 0 fully saturated rings. The molecule has 0 aliphatic carbocycles. The first kappa shape index (κ1) is 18.9. The Bertz CT molecular complexity index is 330. The van der Waals surface area contributed by atoms with E-state index in [1.54, 1.807) is 0 Å². The van der Waals surface area contributed by atoms with Gasteiger partial charge in [0.1, 0.15) is 9.84 Å². The van der Waals surface area contributed by atoms with E-state index in [-0.39, 0.29) is 11.2 Å². The third kappa shape index (κ3) is 10.3. The molecule has 0 bridgehead atoms. The summed E-state index contributed by atoms with van der Waals surface area (Å²) < 4.78 is 22.4. The van der Waals surface area contributed by atoms with Crippen LogP contribution in [0.5, 0.6) is 0 Å². The molecule has 0 aromatic rings. The molecule has 0 saturated heterocycles. The van der Waals surface area contributed by atoms with Gasteiger partial charge < -0.3 is 10.2 Å². The van der Waals surface area contributed by atoms with Gasteiger partial charge in [-0.1, -0.05) is 27.2 Å². The average Bonchev–Trinajstić information content (AvgIpc) is 2.26. The lowest BCUT2D eigenvalue weighted by molar-refractivity contribution is 0.179. The molecule has 0 amide bonds. The monoisotopic (exact) mass is 292 g/mol. The Labute approximate surface area is 119 Å². The molecule has 0 aliphatic heterocycles. The molecule has 1 unspecified atom stereocenters. The number of rotatable bonds is 11. The summed E-state index contributed by atoms with van der Waals surface area (Å²) in [6.45, 7) is 10.3. The Balaban J connectivity index is 4.30. The first-order chi connectivity index (χ1) is 8.72. The summed E-state index contributed by atoms with van der Waals surface area (Å²) in [5.41, 5.74) is 0.218. The maximum Gasteiger partial charge on any atom is 0.148 e. The molecule has 1 atom stereocenters. The first-order valence-corrected chi connectivity index (χ1v) is 9.35. The van der Waals surface area contributed by atoms with Crippen LogP contribution in [0.4, 0.5) is 0 Å². The van der Waals surface area contributed by atoms with Crippen LogP contribution in [0, 0.1) is 5.41 Å². The smallest absolute Gasteiger partial charge is 0.148 e. The summed E-state index contributed by atoms with van der Waals surface area (Å²) in [6, 6.07) is 0. The number of hydrogen-bond donors (Lipinski definition) is 1. The van der Waals surface area contributed by atoms with Gasteiger partial charge in [0.25, 0.3) is 0 Å². The average molecular weight is 292 g/mol. The quantitative estimate of drug-likeness (QED) is 0.590. The minimum atomic E-state index is -2.87. The van der Waals surface area contributed by atoms with Crippen molar-refractivity contribution in [1.29, 1.82) is 0 Å². The van der Waals surface area contributed by atoms with Gasteiger partial charge in [0.15, 0.2) is 0 Å². The first-order valence-electron chi connectivity index (χ1n) is 7.29. The fraction of sp³-hybridized carbons (Fsp3) is 1.00. The van der Waals surface area contributed by atoms with Gasteiger partial charge in [0.05, 0.1) is 5.75 Å². The lowest BCUT2D eigenvalue weighted by Crippen LogP contribution is -2.42. The minimum Gasteiger partial charge on any atom is -0.316 e. The molecule has 0 spiro atoms. The van der Waals surface area contributed by atoms with E-state index in [0.29, 0.717) is 6.54 Å². The number of sulfone groups is 1. The van der Waals surface area contributed by atoms with Crippen LogP contribution in [-0.2, 0) is 9.84 Å². The van der Waals surface area contributed by atoms with Crippen molar-refractivity contribution < 1.29 is 8.42 Å². The summed E-state index contributed by atoms with van der Waals surface area (Å²) in [6.07, 6.45) is 4.76. The molecule has 0 saturated carbocycles. The van der Waals surface area contributed by atoms with Gasteiger partial charge in [0, 0.05) is 25.9 Å². The lowest BCUT2D eigenvalue weighted by atomic mass is 9.85. The van der Waals surface area contributed by atoms with E-state index in [1.165, 1.54) is 6.26 Å². The van der Waals surface area contributed by atoms with Crippen molar-refractivity contribution in [3.63, 3.8) is 0 Å². The maximum absolute atomic E-state index is 11.2. The van der Waals surface area contributed by atoms with Crippen LogP contribution in [0.15, 0.2) is 0 Å². The van der Waals surface area contributed by atoms with Crippen molar-refractivity contribution in [2.24, 2.45) is 5.41 Å². The van der Waals surface area contributed by atoms with Crippen LogP contribution in [0.1, 0.15) is 40.0 Å². The summed E-state index contributed by atoms with van der Waals surface area (Å²) in [4.78, 5) is 2.14. The Kier molecular flexibility index (Phi) is 8.86. The molecule has 4 nitrogen and oxygen atoms in total. The molecule has 0 heterocycles. The summed E-state index contributed by atoms with van der Waals surface area (Å²) in [7, 11) is -0.852. The van der Waals surface area contributed by atoms with Crippen LogP contribution in [0.25, 0.3) is 0 Å². The van der Waals surface area contributed by atoms with Crippen LogP contribution >= 0.6 is 0 Å². The van der Waals surface area contributed by atoms with E-state index < -0.39 is 9.84 Å². The number of hydrogen-bond acceptors (Lipinski definition) is 4. The largest absolute Gasteiger partial charge is 0.316 e. The van der Waals surface area contributed by atoms with E-state index in [4.69, 9.17) is 0 Å². The SMILES string of the molecule is CCCNCC(C)(CCC)CN(C)CCS(C)(=O)=O. The fourth-order valence-corrected chi connectivity index (χ4v) is 3.09. The Morgan fingerprint density at radius 1 is 1.21 bits per heavy atom. The molecule has 0 aromatic heterocycles. The molecule has 5 heteroatoms. The van der Waals surface area contributed by atoms with Crippen LogP contribution in [0.3, 0.4) is 0 Å². The Morgan fingerprint density at radius 2 is 1.84 bits per heavy atom. The van der Waals surface area contributed by atoms with Crippen molar-refractivity contribution in [3.05, 3.63) is 0 Å². The normalized spacial score (nSPS) is 15.7. The predicted molar refractivity (Wildman–Crippen MR) is 83.4 cm³/mol. The second-order valence-electron chi connectivity index (χ2n) is 6.11. The highest BCUT2D eigenvalue weighted by Gasteiger charge is 2.24. The van der Waals surface area contributed by atoms with Crippen LogP contribution < -0.4 is 5.32 Å². The van der Waals surface area contributed by atoms with Gasteiger partial charge in [-0.3, -0.25) is 0 Å². The molecular weight excluding hydrogens is 260 g/mol. The highest BCUT2D eigenvalue weighted by Crippen LogP contribution is 2.23. The Morgan fingerprint density at radius 3 is 2.32 bits per heavy atom. The summed E-state index contributed by atoms with van der Waals surface area (Å²) in [5.74, 6) is 0.244. The number of nitrogens with one attached hydrogen (secondary N) is 1. The molecule has 0 rings (SSSR count). The third-order valence-corrected chi connectivity index (χ3v) is 4.25. The molecule has 0 radical (unpaired) electrons. The van der Waals surface area contributed by atoms with E-state index in [0.717, 1.165) is 38.9 Å². The van der Waals surface area contributed by atoms with E-state index in [1.807, 2.05) is 7.05 Å². The van der Waals surface area contributed by atoms with Gasteiger partial charge in [-0.15, -0.1) is 0 Å². The van der Waals surface area contributed by atoms with Gasteiger partial charge in [-0.2, -0.15) is 0 Å². The molecule has 19 heavy (non-hydrogen) atoms. The van der Waals surface area contributed by atoms with Crippen molar-refractivity contribution >= 4 is 9.84 Å². The van der Waals surface area contributed by atoms with E-state index >= 15 is 0 Å². The highest BCUT2D eigenvalue weighted by atomic mass is 32.2. The van der Waals surface area contributed by atoms with Crippen LogP contribution in [0.2, 0.25) is 0 Å². The summed E-state index contributed by atoms with van der Waals surface area (Å²) in [5, 5.41) is 3.49. The number of nitrogens with zero attached hydrogens (tertiary/aromatic N) is 1. The van der Waals surface area contributed by atoms with Crippen molar-refractivity contribution in [2.75, 3.05) is 45.2 Å². The molecule has 0 aromatic carbocycles. The Hall–Kier alpha value is -0.130. The van der Waals surface area contributed by atoms with Crippen molar-refractivity contribution in [3.8, 4) is 0 Å². The highest BCUT2D eigenvalue weighted by molar-refractivity contribution is 7.90. The second kappa shape index (κ2) is 8.93. The maximum atomic E-state index is 11.2. The molecular formula is C14H32N2O2S. The molecule has 116 valence electrons. The van der Waals surface area contributed by atoms with Gasteiger partial charge >= 0.3 is 0 Å². The minimum absolute atomic E-state index is 0.218. The van der Waals surface area contributed by atoms with Crippen molar-refractivity contribution in [2.45, 2.75) is 40.0 Å². The zero-order valence-corrected chi connectivity index (χ0v) is 14.1. The summed E-state index contributed by atoms with van der Waals surface area (Å²) >= 11 is 0. The fourth-order valence-electron chi connectivity index (χ4n) is 2.45. The second-order valence-corrected chi connectivity index (χ2v) is 8.36. The van der Waals surface area contributed by atoms with Crippen molar-refractivity contribution in [1.82, 2.24) is 10.2 Å².